The Morgan fingerprint density at radius 2 is 2.00 bits per heavy atom. The number of imide groups is 1. The van der Waals surface area contributed by atoms with Crippen LogP contribution in [0.2, 0.25) is 5.02 Å². The smallest absolute Gasteiger partial charge is 0.293 e. The van der Waals surface area contributed by atoms with Crippen LogP contribution in [0.5, 0.6) is 0 Å². The number of nitrogens with zero attached hydrogens (tertiary/aromatic N) is 1. The molecule has 0 aliphatic heterocycles. The van der Waals surface area contributed by atoms with E-state index in [9.17, 15) is 19.7 Å². The molecule has 0 spiro atoms. The highest BCUT2D eigenvalue weighted by Crippen LogP contribution is 2.32. The van der Waals surface area contributed by atoms with E-state index in [0.717, 1.165) is 0 Å². The molecule has 2 amide bonds. The van der Waals surface area contributed by atoms with Crippen LogP contribution in [-0.2, 0) is 4.79 Å². The van der Waals surface area contributed by atoms with Gasteiger partial charge < -0.3 is 4.42 Å². The first-order chi connectivity index (χ1) is 9.88. The van der Waals surface area contributed by atoms with Gasteiger partial charge in [0, 0.05) is 24.6 Å². The number of nitro groups is 1. The third-order valence-electron chi connectivity index (χ3n) is 2.55. The van der Waals surface area contributed by atoms with Gasteiger partial charge in [0.05, 0.1) is 9.95 Å². The summed E-state index contributed by atoms with van der Waals surface area (Å²) in [7, 11) is 0. The lowest BCUT2D eigenvalue weighted by Crippen LogP contribution is -2.27. The molecule has 108 valence electrons. The number of non-ortho nitro benzene ring substituents is 1. The molecule has 0 radical (unpaired) electrons. The van der Waals surface area contributed by atoms with Gasteiger partial charge in [-0.15, -0.1) is 0 Å². The average molecular weight is 309 g/mol. The largest absolute Gasteiger partial charge is 0.451 e. The Balaban J connectivity index is 2.31. The topological polar surface area (TPSA) is 102 Å². The fourth-order valence-electron chi connectivity index (χ4n) is 1.64. The van der Waals surface area contributed by atoms with Gasteiger partial charge in [0.2, 0.25) is 5.91 Å². The molecule has 7 nitrogen and oxygen atoms in total. The second-order valence-electron chi connectivity index (χ2n) is 4.10. The number of rotatable bonds is 3. The Kier molecular flexibility index (Phi) is 4.04. The van der Waals surface area contributed by atoms with Crippen molar-refractivity contribution in [2.24, 2.45) is 0 Å². The van der Waals surface area contributed by atoms with Crippen molar-refractivity contribution >= 4 is 29.1 Å². The van der Waals surface area contributed by atoms with Gasteiger partial charge in [0.15, 0.2) is 5.76 Å². The van der Waals surface area contributed by atoms with Crippen LogP contribution in [-0.4, -0.2) is 16.7 Å². The van der Waals surface area contributed by atoms with E-state index < -0.39 is 16.7 Å². The molecule has 0 aliphatic carbocycles. The maximum atomic E-state index is 11.6. The number of hydrogen-bond donors (Lipinski definition) is 1. The third kappa shape index (κ3) is 3.26. The van der Waals surface area contributed by atoms with E-state index in [1.54, 1.807) is 0 Å². The number of amides is 2. The van der Waals surface area contributed by atoms with Crippen molar-refractivity contribution in [2.75, 3.05) is 0 Å². The minimum atomic E-state index is -0.674. The highest BCUT2D eigenvalue weighted by Gasteiger charge is 2.16. The third-order valence-corrected chi connectivity index (χ3v) is 2.86. The molecule has 1 aromatic carbocycles. The SMILES string of the molecule is CC(=O)NC(=O)c1ccc(-c2ccc([N+](=O)[O-])cc2Cl)o1. The summed E-state index contributed by atoms with van der Waals surface area (Å²) in [4.78, 5) is 32.5. The number of nitrogens with one attached hydrogen (secondary N) is 1. The first kappa shape index (κ1) is 14.7. The molecule has 0 fully saturated rings. The number of hydrogen-bond acceptors (Lipinski definition) is 5. The zero-order chi connectivity index (χ0) is 15.6. The number of furan rings is 1. The average Bonchev–Trinajstić information content (AvgIpc) is 2.87. The number of halogens is 1. The van der Waals surface area contributed by atoms with E-state index in [4.69, 9.17) is 16.0 Å². The van der Waals surface area contributed by atoms with Crippen LogP contribution in [0, 0.1) is 10.1 Å². The summed E-state index contributed by atoms with van der Waals surface area (Å²) >= 11 is 5.96. The van der Waals surface area contributed by atoms with Crippen LogP contribution >= 0.6 is 11.6 Å². The van der Waals surface area contributed by atoms with E-state index in [1.807, 2.05) is 0 Å². The predicted octanol–water partition coefficient (Wildman–Crippen LogP) is 2.78. The van der Waals surface area contributed by atoms with E-state index >= 15 is 0 Å². The van der Waals surface area contributed by atoms with Crippen molar-refractivity contribution in [3.05, 3.63) is 51.2 Å². The molecule has 0 bridgehead atoms. The molecule has 21 heavy (non-hydrogen) atoms. The summed E-state index contributed by atoms with van der Waals surface area (Å²) in [6.07, 6.45) is 0. The van der Waals surface area contributed by atoms with Crippen LogP contribution in [0.1, 0.15) is 17.5 Å². The van der Waals surface area contributed by atoms with Crippen molar-refractivity contribution in [2.45, 2.75) is 6.92 Å². The van der Waals surface area contributed by atoms with Gasteiger partial charge in [0.25, 0.3) is 11.6 Å². The summed E-state index contributed by atoms with van der Waals surface area (Å²) in [5, 5.41) is 12.8. The maximum Gasteiger partial charge on any atom is 0.293 e. The van der Waals surface area contributed by atoms with Gasteiger partial charge in [0.1, 0.15) is 5.76 Å². The van der Waals surface area contributed by atoms with E-state index in [0.29, 0.717) is 5.56 Å². The summed E-state index contributed by atoms with van der Waals surface area (Å²) in [5.41, 5.74) is 0.258. The minimum absolute atomic E-state index is 0.0605. The van der Waals surface area contributed by atoms with Crippen molar-refractivity contribution in [1.29, 1.82) is 0 Å². The molecule has 0 unspecified atom stereocenters. The Morgan fingerprint density at radius 1 is 1.29 bits per heavy atom. The van der Waals surface area contributed by atoms with E-state index in [2.05, 4.69) is 5.32 Å². The van der Waals surface area contributed by atoms with Crippen molar-refractivity contribution in [3.8, 4) is 11.3 Å². The van der Waals surface area contributed by atoms with Gasteiger partial charge >= 0.3 is 0 Å². The highest BCUT2D eigenvalue weighted by atomic mass is 35.5. The molecule has 8 heteroatoms. The lowest BCUT2D eigenvalue weighted by Gasteiger charge is -2.01. The second-order valence-corrected chi connectivity index (χ2v) is 4.50. The van der Waals surface area contributed by atoms with Gasteiger partial charge in [-0.3, -0.25) is 25.0 Å². The molecular weight excluding hydrogens is 300 g/mol. The van der Waals surface area contributed by atoms with E-state index in [1.165, 1.54) is 37.3 Å². The van der Waals surface area contributed by atoms with Gasteiger partial charge in [-0.05, 0) is 18.2 Å². The first-order valence-corrected chi connectivity index (χ1v) is 6.12. The quantitative estimate of drug-likeness (QED) is 0.693. The Hall–Kier alpha value is -2.67. The molecular formula is C13H9ClN2O5. The molecule has 0 aliphatic rings. The molecule has 0 saturated carbocycles. The Bertz CT molecular complexity index is 738. The highest BCUT2D eigenvalue weighted by molar-refractivity contribution is 6.33. The lowest BCUT2D eigenvalue weighted by atomic mass is 10.1. The summed E-state index contributed by atoms with van der Waals surface area (Å²) in [5.74, 6) is -0.976. The number of nitro benzene ring substituents is 1. The number of carbonyl (C=O) groups excluding carboxylic acids is 2. The fourth-order valence-corrected chi connectivity index (χ4v) is 1.91. The van der Waals surface area contributed by atoms with Crippen LogP contribution in [0.15, 0.2) is 34.7 Å². The Labute approximate surface area is 123 Å². The van der Waals surface area contributed by atoms with Crippen molar-refractivity contribution < 1.29 is 18.9 Å². The summed E-state index contributed by atoms with van der Waals surface area (Å²) in [6.45, 7) is 1.20. The van der Waals surface area contributed by atoms with Gasteiger partial charge in [-0.1, -0.05) is 11.6 Å². The summed E-state index contributed by atoms with van der Waals surface area (Å²) < 4.78 is 5.29. The molecule has 1 heterocycles. The summed E-state index contributed by atoms with van der Waals surface area (Å²) in [6, 6.07) is 6.76. The number of carbonyl (C=O) groups is 2. The molecule has 0 atom stereocenters. The monoisotopic (exact) mass is 308 g/mol. The van der Waals surface area contributed by atoms with Gasteiger partial charge in [-0.2, -0.15) is 0 Å². The molecule has 1 aromatic heterocycles. The van der Waals surface area contributed by atoms with Crippen molar-refractivity contribution in [3.63, 3.8) is 0 Å². The van der Waals surface area contributed by atoms with Crippen LogP contribution in [0.25, 0.3) is 11.3 Å². The normalized spacial score (nSPS) is 10.2. The molecule has 2 rings (SSSR count). The Morgan fingerprint density at radius 3 is 2.57 bits per heavy atom. The van der Waals surface area contributed by atoms with E-state index in [-0.39, 0.29) is 22.2 Å². The predicted molar refractivity (Wildman–Crippen MR) is 74.0 cm³/mol. The second kappa shape index (κ2) is 5.76. The lowest BCUT2D eigenvalue weighted by molar-refractivity contribution is -0.384. The molecule has 1 N–H and O–H groups in total. The zero-order valence-corrected chi connectivity index (χ0v) is 11.5. The standard InChI is InChI=1S/C13H9ClN2O5/c1-7(17)15-13(18)12-5-4-11(21-12)9-3-2-8(16(19)20)6-10(9)14/h2-6H,1H3,(H,15,17,18). The molecule has 0 saturated heterocycles. The zero-order valence-electron chi connectivity index (χ0n) is 10.8. The van der Waals surface area contributed by atoms with Gasteiger partial charge in [-0.25, -0.2) is 0 Å². The first-order valence-electron chi connectivity index (χ1n) is 5.74. The fraction of sp³-hybridized carbons (Fsp3) is 0.0769. The maximum absolute atomic E-state index is 11.6. The minimum Gasteiger partial charge on any atom is -0.451 e. The van der Waals surface area contributed by atoms with Crippen LogP contribution in [0.4, 0.5) is 5.69 Å². The van der Waals surface area contributed by atoms with Crippen molar-refractivity contribution in [1.82, 2.24) is 5.32 Å². The van der Waals surface area contributed by atoms with Crippen LogP contribution < -0.4 is 5.32 Å². The molecule has 2 aromatic rings. The number of benzene rings is 1. The van der Waals surface area contributed by atoms with Crippen LogP contribution in [0.3, 0.4) is 0 Å².